The van der Waals surface area contributed by atoms with Crippen molar-refractivity contribution in [2.24, 2.45) is 10.8 Å². The average Bonchev–Trinajstić information content (AvgIpc) is 1.61. The summed E-state index contributed by atoms with van der Waals surface area (Å²) < 4.78 is 0. The molecule has 0 aromatic carbocycles. The first kappa shape index (κ1) is 6.61. The minimum absolute atomic E-state index is 0.00347. The Labute approximate surface area is 56.7 Å². The van der Waals surface area contributed by atoms with Crippen molar-refractivity contribution >= 4 is 0 Å². The molecule has 0 N–H and O–H groups in total. The summed E-state index contributed by atoms with van der Waals surface area (Å²) in [4.78, 5) is 0. The van der Waals surface area contributed by atoms with Crippen LogP contribution in [-0.2, 0) is 0 Å². The number of rotatable bonds is 0. The Morgan fingerprint density at radius 2 is 1.67 bits per heavy atom. The fourth-order valence-corrected chi connectivity index (χ4v) is 2.14. The molecule has 0 amide bonds. The van der Waals surface area contributed by atoms with E-state index in [9.17, 15) is 0 Å². The number of nitriles is 1. The highest BCUT2D eigenvalue weighted by atomic mass is 14.5. The van der Waals surface area contributed by atoms with Gasteiger partial charge in [0.2, 0.25) is 0 Å². The van der Waals surface area contributed by atoms with E-state index in [4.69, 9.17) is 5.26 Å². The zero-order valence-corrected chi connectivity index (χ0v) is 6.36. The fraction of sp³-hybridized carbons (Fsp3) is 0.875. The number of hydrogen-bond acceptors (Lipinski definition) is 1. The van der Waals surface area contributed by atoms with E-state index >= 15 is 0 Å². The van der Waals surface area contributed by atoms with Crippen LogP contribution in [0, 0.1) is 22.2 Å². The van der Waals surface area contributed by atoms with Crippen molar-refractivity contribution in [1.29, 1.82) is 5.26 Å². The van der Waals surface area contributed by atoms with Gasteiger partial charge in [0.25, 0.3) is 0 Å². The molecule has 0 aromatic rings. The second kappa shape index (κ2) is 1.50. The Morgan fingerprint density at radius 3 is 1.78 bits per heavy atom. The van der Waals surface area contributed by atoms with Gasteiger partial charge in [-0.2, -0.15) is 5.26 Å². The molecule has 1 heteroatoms. The summed E-state index contributed by atoms with van der Waals surface area (Å²) in [5.74, 6) is 0. The van der Waals surface area contributed by atoms with Gasteiger partial charge in [0.05, 0.1) is 11.5 Å². The molecule has 0 bridgehead atoms. The van der Waals surface area contributed by atoms with Crippen molar-refractivity contribution < 1.29 is 0 Å². The zero-order chi connectivity index (χ0) is 7.12. The summed E-state index contributed by atoms with van der Waals surface area (Å²) in [6.07, 6.45) is 2.13. The second-order valence-corrected chi connectivity index (χ2v) is 4.19. The number of nitrogens with zero attached hydrogens (tertiary/aromatic N) is 1. The maximum absolute atomic E-state index is 8.63. The fourth-order valence-electron chi connectivity index (χ4n) is 2.14. The van der Waals surface area contributed by atoms with E-state index in [2.05, 4.69) is 19.9 Å². The molecule has 1 fully saturated rings. The maximum Gasteiger partial charge on any atom is 0.0687 e. The lowest BCUT2D eigenvalue weighted by molar-refractivity contribution is 0.0521. The largest absolute Gasteiger partial charge is 0.198 e. The summed E-state index contributed by atoms with van der Waals surface area (Å²) in [7, 11) is 0. The molecule has 0 unspecified atom stereocenters. The average molecular weight is 123 g/mol. The van der Waals surface area contributed by atoms with E-state index in [1.165, 1.54) is 0 Å². The molecule has 0 aromatic heterocycles. The molecular formula is C8H13N. The van der Waals surface area contributed by atoms with Gasteiger partial charge in [-0.05, 0) is 25.2 Å². The Bertz CT molecular complexity index is 154. The molecule has 0 saturated heterocycles. The van der Waals surface area contributed by atoms with Crippen LogP contribution < -0.4 is 0 Å². The zero-order valence-electron chi connectivity index (χ0n) is 6.36. The van der Waals surface area contributed by atoms with Crippen molar-refractivity contribution in [1.82, 2.24) is 0 Å². The molecule has 0 aliphatic heterocycles. The molecule has 0 radical (unpaired) electrons. The normalized spacial score (nSPS) is 28.2. The van der Waals surface area contributed by atoms with Crippen LogP contribution in [0.25, 0.3) is 0 Å². The predicted octanol–water partition coefficient (Wildman–Crippen LogP) is 2.34. The molecule has 0 heterocycles. The lowest BCUT2D eigenvalue weighted by Crippen LogP contribution is -2.39. The van der Waals surface area contributed by atoms with Gasteiger partial charge in [-0.15, -0.1) is 0 Å². The van der Waals surface area contributed by atoms with Crippen LogP contribution in [0.4, 0.5) is 0 Å². The van der Waals surface area contributed by atoms with Gasteiger partial charge in [-0.25, -0.2) is 0 Å². The van der Waals surface area contributed by atoms with E-state index in [0.29, 0.717) is 5.41 Å². The van der Waals surface area contributed by atoms with Crippen LogP contribution in [0.2, 0.25) is 0 Å². The lowest BCUT2D eigenvalue weighted by atomic mass is 9.56. The maximum atomic E-state index is 8.63. The van der Waals surface area contributed by atoms with E-state index in [1.807, 2.05) is 6.92 Å². The Balaban J connectivity index is 2.54. The molecule has 0 spiro atoms. The van der Waals surface area contributed by atoms with E-state index in [-0.39, 0.29) is 5.41 Å². The first-order chi connectivity index (χ1) is 3.97. The third-order valence-electron chi connectivity index (χ3n) is 2.01. The van der Waals surface area contributed by atoms with Gasteiger partial charge in [-0.3, -0.25) is 0 Å². The summed E-state index contributed by atoms with van der Waals surface area (Å²) in [6, 6.07) is 2.33. The van der Waals surface area contributed by atoms with Gasteiger partial charge in [0.1, 0.15) is 0 Å². The SMILES string of the molecule is CC1(C)CC(C)(C#N)C1. The quantitative estimate of drug-likeness (QED) is 0.485. The molecule has 9 heavy (non-hydrogen) atoms. The minimum Gasteiger partial charge on any atom is -0.198 e. The smallest absolute Gasteiger partial charge is 0.0687 e. The Kier molecular flexibility index (Phi) is 1.10. The molecule has 1 aliphatic carbocycles. The minimum atomic E-state index is 0.00347. The third kappa shape index (κ3) is 1.08. The monoisotopic (exact) mass is 123 g/mol. The van der Waals surface area contributed by atoms with Crippen LogP contribution in [0.1, 0.15) is 33.6 Å². The van der Waals surface area contributed by atoms with Crippen LogP contribution >= 0.6 is 0 Å². The highest BCUT2D eigenvalue weighted by molar-refractivity contribution is 5.08. The van der Waals surface area contributed by atoms with Crippen molar-refractivity contribution in [2.45, 2.75) is 33.6 Å². The van der Waals surface area contributed by atoms with Crippen LogP contribution in [0.3, 0.4) is 0 Å². The molecule has 1 aliphatic rings. The van der Waals surface area contributed by atoms with Gasteiger partial charge in [0, 0.05) is 0 Å². The molecular weight excluding hydrogens is 110 g/mol. The highest BCUT2D eigenvalue weighted by Crippen LogP contribution is 2.53. The summed E-state index contributed by atoms with van der Waals surface area (Å²) in [5, 5.41) is 8.63. The van der Waals surface area contributed by atoms with Gasteiger partial charge in [-0.1, -0.05) is 13.8 Å². The first-order valence-corrected chi connectivity index (χ1v) is 3.39. The van der Waals surface area contributed by atoms with E-state index in [1.54, 1.807) is 0 Å². The van der Waals surface area contributed by atoms with Crippen molar-refractivity contribution in [3.05, 3.63) is 0 Å². The summed E-state index contributed by atoms with van der Waals surface area (Å²) in [6.45, 7) is 6.47. The van der Waals surface area contributed by atoms with Crippen molar-refractivity contribution in [3.8, 4) is 6.07 Å². The topological polar surface area (TPSA) is 23.8 Å². The lowest BCUT2D eigenvalue weighted by Gasteiger charge is -2.46. The van der Waals surface area contributed by atoms with Crippen molar-refractivity contribution in [3.63, 3.8) is 0 Å². The van der Waals surface area contributed by atoms with Crippen LogP contribution in [-0.4, -0.2) is 0 Å². The molecule has 1 saturated carbocycles. The van der Waals surface area contributed by atoms with E-state index < -0.39 is 0 Å². The Hall–Kier alpha value is -0.510. The summed E-state index contributed by atoms with van der Waals surface area (Å²) in [5.41, 5.74) is 0.438. The molecule has 0 atom stereocenters. The van der Waals surface area contributed by atoms with Crippen LogP contribution in [0.15, 0.2) is 0 Å². The van der Waals surface area contributed by atoms with E-state index in [0.717, 1.165) is 12.8 Å². The second-order valence-electron chi connectivity index (χ2n) is 4.19. The predicted molar refractivity (Wildman–Crippen MR) is 36.7 cm³/mol. The molecule has 50 valence electrons. The van der Waals surface area contributed by atoms with Gasteiger partial charge >= 0.3 is 0 Å². The summed E-state index contributed by atoms with van der Waals surface area (Å²) >= 11 is 0. The number of hydrogen-bond donors (Lipinski definition) is 0. The highest BCUT2D eigenvalue weighted by Gasteiger charge is 2.45. The standard InChI is InChI=1S/C8H13N/c1-7(2)4-8(3,5-7)6-9/h4-5H2,1-3H3. The van der Waals surface area contributed by atoms with Gasteiger partial charge < -0.3 is 0 Å². The Morgan fingerprint density at radius 1 is 1.22 bits per heavy atom. The van der Waals surface area contributed by atoms with Crippen molar-refractivity contribution in [2.75, 3.05) is 0 Å². The first-order valence-electron chi connectivity index (χ1n) is 3.39. The van der Waals surface area contributed by atoms with Crippen LogP contribution in [0.5, 0.6) is 0 Å². The van der Waals surface area contributed by atoms with Gasteiger partial charge in [0.15, 0.2) is 0 Å². The molecule has 1 rings (SSSR count). The third-order valence-corrected chi connectivity index (χ3v) is 2.01. The molecule has 1 nitrogen and oxygen atoms in total.